The highest BCUT2D eigenvalue weighted by atomic mass is 16.3. The standard InChI is InChI=1S/C16H20N2O2/c1-4-17-13-7-8-14(11(2)10-13)16(19)18-12(3)15-6-5-9-20-15/h5-10,12,17H,4H2,1-3H3,(H,18,19). The summed E-state index contributed by atoms with van der Waals surface area (Å²) in [4.78, 5) is 12.3. The molecule has 1 aromatic carbocycles. The van der Waals surface area contributed by atoms with Gasteiger partial charge in [0.15, 0.2) is 0 Å². The molecule has 1 amide bonds. The Labute approximate surface area is 119 Å². The van der Waals surface area contributed by atoms with Gasteiger partial charge in [0.25, 0.3) is 5.91 Å². The molecule has 4 nitrogen and oxygen atoms in total. The van der Waals surface area contributed by atoms with E-state index in [9.17, 15) is 4.79 Å². The molecule has 2 rings (SSSR count). The maximum Gasteiger partial charge on any atom is 0.252 e. The molecule has 1 unspecified atom stereocenters. The zero-order chi connectivity index (χ0) is 14.5. The van der Waals surface area contributed by atoms with Gasteiger partial charge in [0, 0.05) is 17.8 Å². The first-order chi connectivity index (χ1) is 9.61. The molecule has 0 fully saturated rings. The lowest BCUT2D eigenvalue weighted by Crippen LogP contribution is -2.27. The van der Waals surface area contributed by atoms with E-state index in [4.69, 9.17) is 4.42 Å². The molecular weight excluding hydrogens is 252 g/mol. The summed E-state index contributed by atoms with van der Waals surface area (Å²) in [5.74, 6) is 0.662. The van der Waals surface area contributed by atoms with Crippen LogP contribution >= 0.6 is 0 Å². The molecule has 0 radical (unpaired) electrons. The molecule has 0 saturated carbocycles. The Kier molecular flexibility index (Phi) is 4.45. The third-order valence-electron chi connectivity index (χ3n) is 3.17. The number of hydrogen-bond donors (Lipinski definition) is 2. The first kappa shape index (κ1) is 14.2. The summed E-state index contributed by atoms with van der Waals surface area (Å²) < 4.78 is 5.29. The van der Waals surface area contributed by atoms with Gasteiger partial charge >= 0.3 is 0 Å². The second-order valence-corrected chi connectivity index (χ2v) is 4.77. The van der Waals surface area contributed by atoms with Crippen molar-refractivity contribution in [2.75, 3.05) is 11.9 Å². The van der Waals surface area contributed by atoms with E-state index in [1.165, 1.54) is 0 Å². The highest BCUT2D eigenvalue weighted by Crippen LogP contribution is 2.17. The van der Waals surface area contributed by atoms with Crippen LogP contribution in [0.25, 0.3) is 0 Å². The van der Waals surface area contributed by atoms with Crippen LogP contribution in [0.5, 0.6) is 0 Å². The maximum atomic E-state index is 12.3. The van der Waals surface area contributed by atoms with Crippen LogP contribution in [0, 0.1) is 6.92 Å². The van der Waals surface area contributed by atoms with Crippen molar-refractivity contribution >= 4 is 11.6 Å². The van der Waals surface area contributed by atoms with Gasteiger partial charge in [-0.05, 0) is 56.7 Å². The average molecular weight is 272 g/mol. The van der Waals surface area contributed by atoms with Gasteiger partial charge in [0.05, 0.1) is 12.3 Å². The molecule has 20 heavy (non-hydrogen) atoms. The molecular formula is C16H20N2O2. The number of carbonyl (C=O) groups is 1. The van der Waals surface area contributed by atoms with Crippen molar-refractivity contribution in [3.05, 3.63) is 53.5 Å². The minimum Gasteiger partial charge on any atom is -0.467 e. The Bertz CT molecular complexity index is 576. The monoisotopic (exact) mass is 272 g/mol. The van der Waals surface area contributed by atoms with Crippen LogP contribution in [0.1, 0.15) is 41.6 Å². The Morgan fingerprint density at radius 1 is 1.35 bits per heavy atom. The number of furan rings is 1. The van der Waals surface area contributed by atoms with E-state index in [0.717, 1.165) is 23.6 Å². The molecule has 0 aliphatic rings. The average Bonchev–Trinajstić information content (AvgIpc) is 2.93. The van der Waals surface area contributed by atoms with Crippen LogP contribution in [0.15, 0.2) is 41.0 Å². The van der Waals surface area contributed by atoms with E-state index in [2.05, 4.69) is 10.6 Å². The second-order valence-electron chi connectivity index (χ2n) is 4.77. The lowest BCUT2D eigenvalue weighted by molar-refractivity contribution is 0.0935. The molecule has 2 N–H and O–H groups in total. The van der Waals surface area contributed by atoms with Crippen LogP contribution in [0.3, 0.4) is 0 Å². The third-order valence-corrected chi connectivity index (χ3v) is 3.17. The molecule has 1 aromatic heterocycles. The number of benzene rings is 1. The lowest BCUT2D eigenvalue weighted by atomic mass is 10.1. The number of carbonyl (C=O) groups excluding carboxylic acids is 1. The fourth-order valence-electron chi connectivity index (χ4n) is 2.12. The molecule has 106 valence electrons. The molecule has 0 aliphatic carbocycles. The molecule has 1 atom stereocenters. The van der Waals surface area contributed by atoms with E-state index in [-0.39, 0.29) is 11.9 Å². The normalized spacial score (nSPS) is 11.9. The van der Waals surface area contributed by atoms with E-state index < -0.39 is 0 Å². The summed E-state index contributed by atoms with van der Waals surface area (Å²) in [5.41, 5.74) is 2.67. The van der Waals surface area contributed by atoms with Gasteiger partial charge in [-0.3, -0.25) is 4.79 Å². The van der Waals surface area contributed by atoms with Crippen molar-refractivity contribution in [3.63, 3.8) is 0 Å². The Hall–Kier alpha value is -2.23. The quantitative estimate of drug-likeness (QED) is 0.875. The Morgan fingerprint density at radius 2 is 2.15 bits per heavy atom. The van der Waals surface area contributed by atoms with Gasteiger partial charge in [0.1, 0.15) is 5.76 Å². The summed E-state index contributed by atoms with van der Waals surface area (Å²) in [6.07, 6.45) is 1.61. The van der Waals surface area contributed by atoms with E-state index in [1.807, 2.05) is 51.1 Å². The topological polar surface area (TPSA) is 54.3 Å². The third kappa shape index (κ3) is 3.20. The highest BCUT2D eigenvalue weighted by Gasteiger charge is 2.15. The number of anilines is 1. The smallest absolute Gasteiger partial charge is 0.252 e. The maximum absolute atomic E-state index is 12.3. The number of rotatable bonds is 5. The number of amides is 1. The van der Waals surface area contributed by atoms with Gasteiger partial charge in [-0.25, -0.2) is 0 Å². The van der Waals surface area contributed by atoms with Gasteiger partial charge in [-0.15, -0.1) is 0 Å². The summed E-state index contributed by atoms with van der Waals surface area (Å²) in [6.45, 7) is 6.74. The van der Waals surface area contributed by atoms with Crippen LogP contribution < -0.4 is 10.6 Å². The minimum atomic E-state index is -0.148. The molecule has 2 aromatic rings. The predicted molar refractivity (Wildman–Crippen MR) is 79.9 cm³/mol. The fourth-order valence-corrected chi connectivity index (χ4v) is 2.12. The Morgan fingerprint density at radius 3 is 2.75 bits per heavy atom. The summed E-state index contributed by atoms with van der Waals surface area (Å²) in [6, 6.07) is 9.27. The second kappa shape index (κ2) is 6.28. The van der Waals surface area contributed by atoms with Crippen molar-refractivity contribution in [3.8, 4) is 0 Å². The SMILES string of the molecule is CCNc1ccc(C(=O)NC(C)c2ccco2)c(C)c1. The van der Waals surface area contributed by atoms with E-state index in [0.29, 0.717) is 5.56 Å². The van der Waals surface area contributed by atoms with Crippen LogP contribution in [0.4, 0.5) is 5.69 Å². The minimum absolute atomic E-state index is 0.0885. The van der Waals surface area contributed by atoms with Gasteiger partial charge in [-0.1, -0.05) is 0 Å². The molecule has 0 bridgehead atoms. The highest BCUT2D eigenvalue weighted by molar-refractivity contribution is 5.96. The van der Waals surface area contributed by atoms with Gasteiger partial charge < -0.3 is 15.1 Å². The van der Waals surface area contributed by atoms with Crippen molar-refractivity contribution in [1.82, 2.24) is 5.32 Å². The molecule has 1 heterocycles. The summed E-state index contributed by atoms with van der Waals surface area (Å²) in [5, 5.41) is 6.17. The van der Waals surface area contributed by atoms with Crippen LogP contribution in [-0.4, -0.2) is 12.5 Å². The number of hydrogen-bond acceptors (Lipinski definition) is 3. The number of nitrogens with one attached hydrogen (secondary N) is 2. The lowest BCUT2D eigenvalue weighted by Gasteiger charge is -2.13. The van der Waals surface area contributed by atoms with Gasteiger partial charge in [-0.2, -0.15) is 0 Å². The first-order valence-electron chi connectivity index (χ1n) is 6.80. The van der Waals surface area contributed by atoms with Crippen LogP contribution in [0.2, 0.25) is 0 Å². The van der Waals surface area contributed by atoms with E-state index >= 15 is 0 Å². The summed E-state index contributed by atoms with van der Waals surface area (Å²) >= 11 is 0. The largest absolute Gasteiger partial charge is 0.467 e. The molecule has 0 saturated heterocycles. The van der Waals surface area contributed by atoms with Crippen molar-refractivity contribution < 1.29 is 9.21 Å². The predicted octanol–water partition coefficient (Wildman–Crippen LogP) is 3.51. The van der Waals surface area contributed by atoms with Crippen molar-refractivity contribution in [2.24, 2.45) is 0 Å². The summed E-state index contributed by atoms with van der Waals surface area (Å²) in [7, 11) is 0. The number of aryl methyl sites for hydroxylation is 1. The Balaban J connectivity index is 2.09. The van der Waals surface area contributed by atoms with Crippen molar-refractivity contribution in [1.29, 1.82) is 0 Å². The van der Waals surface area contributed by atoms with Crippen LogP contribution in [-0.2, 0) is 0 Å². The molecule has 4 heteroatoms. The van der Waals surface area contributed by atoms with E-state index in [1.54, 1.807) is 6.26 Å². The molecule has 0 aliphatic heterocycles. The first-order valence-corrected chi connectivity index (χ1v) is 6.80. The van der Waals surface area contributed by atoms with Crippen molar-refractivity contribution in [2.45, 2.75) is 26.8 Å². The zero-order valence-electron chi connectivity index (χ0n) is 12.1. The zero-order valence-corrected chi connectivity index (χ0v) is 12.1. The fraction of sp³-hybridized carbons (Fsp3) is 0.312. The van der Waals surface area contributed by atoms with Gasteiger partial charge in [0.2, 0.25) is 0 Å². The molecule has 0 spiro atoms.